The summed E-state index contributed by atoms with van der Waals surface area (Å²) >= 11 is 1.10. The average Bonchev–Trinajstić information content (AvgIpc) is 3.24. The van der Waals surface area contributed by atoms with E-state index in [-0.39, 0.29) is 24.7 Å². The summed E-state index contributed by atoms with van der Waals surface area (Å²) in [5.41, 5.74) is 1.92. The van der Waals surface area contributed by atoms with Crippen LogP contribution in [0, 0.1) is 6.92 Å². The molecule has 4 rings (SSSR count). The number of benzene rings is 2. The van der Waals surface area contributed by atoms with Gasteiger partial charge in [-0.25, -0.2) is 9.78 Å². The lowest BCUT2D eigenvalue weighted by Crippen LogP contribution is -2.31. The van der Waals surface area contributed by atoms with Crippen molar-refractivity contribution >= 4 is 39.1 Å². The van der Waals surface area contributed by atoms with Gasteiger partial charge >= 0.3 is 5.97 Å². The topological polar surface area (TPSA) is 99.5 Å². The van der Waals surface area contributed by atoms with Crippen LogP contribution in [0.15, 0.2) is 65.7 Å². The fourth-order valence-corrected chi connectivity index (χ4v) is 4.71. The zero-order valence-electron chi connectivity index (χ0n) is 20.3. The minimum absolute atomic E-state index is 0.0650. The van der Waals surface area contributed by atoms with Gasteiger partial charge in [-0.2, -0.15) is 0 Å². The summed E-state index contributed by atoms with van der Waals surface area (Å²) in [4.78, 5) is 43.8. The number of fused-ring (bicyclic) bond motifs is 1. The molecule has 4 aromatic rings. The quantitative estimate of drug-likeness (QED) is 0.260. The molecular formula is C27H27N3O5S. The number of hydrogen-bond acceptors (Lipinski definition) is 7. The van der Waals surface area contributed by atoms with Gasteiger partial charge in [-0.1, -0.05) is 37.3 Å². The molecule has 1 N–H and O–H groups in total. The second kappa shape index (κ2) is 11.2. The third-order valence-electron chi connectivity index (χ3n) is 5.82. The number of esters is 1. The number of anilines is 1. The van der Waals surface area contributed by atoms with E-state index < -0.39 is 12.0 Å². The van der Waals surface area contributed by atoms with Crippen LogP contribution < -0.4 is 15.6 Å². The molecule has 8 nitrogen and oxygen atoms in total. The van der Waals surface area contributed by atoms with Gasteiger partial charge in [0, 0.05) is 5.69 Å². The van der Waals surface area contributed by atoms with Crippen molar-refractivity contribution in [2.45, 2.75) is 33.2 Å². The maximum Gasteiger partial charge on any atom is 0.348 e. The fourth-order valence-electron chi connectivity index (χ4n) is 3.68. The van der Waals surface area contributed by atoms with Crippen molar-refractivity contribution < 1.29 is 19.1 Å². The number of nitrogens with zero attached hydrogens (tertiary/aromatic N) is 2. The average molecular weight is 506 g/mol. The largest absolute Gasteiger partial charge is 0.490 e. The summed E-state index contributed by atoms with van der Waals surface area (Å²) in [5, 5.41) is 3.14. The summed E-state index contributed by atoms with van der Waals surface area (Å²) in [5.74, 6) is -0.194. The molecule has 0 spiro atoms. The first-order valence-corrected chi connectivity index (χ1v) is 12.5. The zero-order valence-corrected chi connectivity index (χ0v) is 21.1. The SMILES string of the molecule is CCc1ccc(NC(=O)C(C)n2cnc3sc(C(=O)OCCOc4ccccc4)c(C)c3c2=O)cc1. The molecule has 0 saturated carbocycles. The van der Waals surface area contributed by atoms with E-state index in [2.05, 4.69) is 17.2 Å². The smallest absolute Gasteiger partial charge is 0.348 e. The fraction of sp³-hybridized carbons (Fsp3) is 0.259. The van der Waals surface area contributed by atoms with Crippen LogP contribution in [0.5, 0.6) is 5.75 Å². The van der Waals surface area contributed by atoms with Gasteiger partial charge in [0.05, 0.1) is 11.7 Å². The molecular weight excluding hydrogens is 478 g/mol. The number of ether oxygens (including phenoxy) is 2. The number of nitrogens with one attached hydrogen (secondary N) is 1. The first-order chi connectivity index (χ1) is 17.4. The highest BCUT2D eigenvalue weighted by Crippen LogP contribution is 2.28. The van der Waals surface area contributed by atoms with E-state index in [0.29, 0.717) is 32.1 Å². The molecule has 186 valence electrons. The third-order valence-corrected chi connectivity index (χ3v) is 7.00. The van der Waals surface area contributed by atoms with Crippen LogP contribution >= 0.6 is 11.3 Å². The number of amides is 1. The van der Waals surface area contributed by atoms with Crippen molar-refractivity contribution in [2.75, 3.05) is 18.5 Å². The van der Waals surface area contributed by atoms with Crippen LogP contribution in [0.1, 0.15) is 40.7 Å². The Morgan fingerprint density at radius 2 is 1.81 bits per heavy atom. The van der Waals surface area contributed by atoms with Crippen molar-refractivity contribution in [3.8, 4) is 5.75 Å². The molecule has 0 aliphatic heterocycles. The number of rotatable bonds is 9. The number of para-hydroxylation sites is 1. The molecule has 0 radical (unpaired) electrons. The Bertz CT molecular complexity index is 1430. The molecule has 1 atom stereocenters. The lowest BCUT2D eigenvalue weighted by molar-refractivity contribution is -0.118. The molecule has 2 heterocycles. The lowest BCUT2D eigenvalue weighted by atomic mass is 10.1. The van der Waals surface area contributed by atoms with E-state index in [9.17, 15) is 14.4 Å². The maximum absolute atomic E-state index is 13.3. The number of aryl methyl sites for hydroxylation is 2. The Labute approximate surface area is 212 Å². The normalized spacial score (nSPS) is 11.8. The van der Waals surface area contributed by atoms with Crippen LogP contribution in [-0.4, -0.2) is 34.6 Å². The van der Waals surface area contributed by atoms with E-state index in [1.54, 1.807) is 13.8 Å². The Kier molecular flexibility index (Phi) is 7.80. The van der Waals surface area contributed by atoms with Gasteiger partial charge in [0.25, 0.3) is 5.56 Å². The lowest BCUT2D eigenvalue weighted by Gasteiger charge is -2.15. The number of aromatic nitrogens is 2. The molecule has 1 unspecified atom stereocenters. The highest BCUT2D eigenvalue weighted by molar-refractivity contribution is 7.20. The molecule has 0 aliphatic carbocycles. The Balaban J connectivity index is 1.46. The highest BCUT2D eigenvalue weighted by atomic mass is 32.1. The molecule has 36 heavy (non-hydrogen) atoms. The first kappa shape index (κ1) is 25.1. The van der Waals surface area contributed by atoms with Crippen LogP contribution in [0.4, 0.5) is 5.69 Å². The first-order valence-electron chi connectivity index (χ1n) is 11.6. The van der Waals surface area contributed by atoms with E-state index in [1.165, 1.54) is 10.9 Å². The zero-order chi connectivity index (χ0) is 25.7. The molecule has 2 aromatic heterocycles. The molecule has 0 bridgehead atoms. The van der Waals surface area contributed by atoms with Crippen LogP contribution in [0.25, 0.3) is 10.2 Å². The third kappa shape index (κ3) is 5.46. The molecule has 1 amide bonds. The van der Waals surface area contributed by atoms with Crippen molar-refractivity contribution in [1.82, 2.24) is 9.55 Å². The van der Waals surface area contributed by atoms with E-state index in [0.717, 1.165) is 23.3 Å². The van der Waals surface area contributed by atoms with E-state index in [1.807, 2.05) is 54.6 Å². The van der Waals surface area contributed by atoms with Crippen LogP contribution in [0.2, 0.25) is 0 Å². The van der Waals surface area contributed by atoms with Gasteiger partial charge < -0.3 is 14.8 Å². The number of thiophene rings is 1. The summed E-state index contributed by atoms with van der Waals surface area (Å²) < 4.78 is 12.2. The van der Waals surface area contributed by atoms with Gasteiger partial charge in [0.1, 0.15) is 34.7 Å². The number of carbonyl (C=O) groups is 2. The van der Waals surface area contributed by atoms with E-state index >= 15 is 0 Å². The van der Waals surface area contributed by atoms with Gasteiger partial charge in [-0.3, -0.25) is 14.2 Å². The predicted molar refractivity (Wildman–Crippen MR) is 140 cm³/mol. The summed E-state index contributed by atoms with van der Waals surface area (Å²) in [6.45, 7) is 5.65. The predicted octanol–water partition coefficient (Wildman–Crippen LogP) is 4.76. The number of carbonyl (C=O) groups excluding carboxylic acids is 2. The van der Waals surface area contributed by atoms with Crippen LogP contribution in [-0.2, 0) is 16.0 Å². The maximum atomic E-state index is 13.3. The molecule has 9 heteroatoms. The minimum atomic E-state index is -0.801. The molecule has 2 aromatic carbocycles. The monoisotopic (exact) mass is 505 g/mol. The van der Waals surface area contributed by atoms with Crippen molar-refractivity contribution in [1.29, 1.82) is 0 Å². The number of hydrogen-bond donors (Lipinski definition) is 1. The van der Waals surface area contributed by atoms with Gasteiger partial charge in [-0.05, 0) is 55.7 Å². The Morgan fingerprint density at radius 3 is 2.50 bits per heavy atom. The Hall–Kier alpha value is -3.98. The van der Waals surface area contributed by atoms with Gasteiger partial charge in [-0.15, -0.1) is 11.3 Å². The highest BCUT2D eigenvalue weighted by Gasteiger charge is 2.23. The molecule has 0 fully saturated rings. The molecule has 0 aliphatic rings. The Morgan fingerprint density at radius 1 is 1.08 bits per heavy atom. The summed E-state index contributed by atoms with van der Waals surface area (Å²) in [6.07, 6.45) is 2.25. The second-order valence-corrected chi connectivity index (χ2v) is 9.21. The second-order valence-electron chi connectivity index (χ2n) is 8.21. The van der Waals surface area contributed by atoms with Gasteiger partial charge in [0.2, 0.25) is 5.91 Å². The van der Waals surface area contributed by atoms with Crippen molar-refractivity contribution in [3.05, 3.63) is 87.3 Å². The summed E-state index contributed by atoms with van der Waals surface area (Å²) in [7, 11) is 0. The van der Waals surface area contributed by atoms with E-state index in [4.69, 9.17) is 9.47 Å². The standard InChI is InChI=1S/C27H27N3O5S/c1-4-19-10-12-20(13-11-19)29-24(31)18(3)30-16-28-25-22(26(30)32)17(2)23(36-25)27(33)35-15-14-34-21-8-6-5-7-9-21/h5-13,16,18H,4,14-15H2,1-3H3,(H,29,31). The van der Waals surface area contributed by atoms with Gasteiger partial charge in [0.15, 0.2) is 0 Å². The molecule has 0 saturated heterocycles. The summed E-state index contributed by atoms with van der Waals surface area (Å²) in [6, 6.07) is 16.0. The minimum Gasteiger partial charge on any atom is -0.490 e. The van der Waals surface area contributed by atoms with Crippen molar-refractivity contribution in [3.63, 3.8) is 0 Å². The van der Waals surface area contributed by atoms with Crippen LogP contribution in [0.3, 0.4) is 0 Å². The van der Waals surface area contributed by atoms with Crippen molar-refractivity contribution in [2.24, 2.45) is 0 Å².